The van der Waals surface area contributed by atoms with Gasteiger partial charge in [-0.15, -0.1) is 0 Å². The lowest BCUT2D eigenvalue weighted by atomic mass is 10.2. The maximum Gasteiger partial charge on any atom is 0.241 e. The monoisotopic (exact) mass is 632 g/mol. The van der Waals surface area contributed by atoms with Gasteiger partial charge in [-0.25, -0.2) is 5.43 Å². The van der Waals surface area contributed by atoms with Crippen LogP contribution in [0, 0.1) is 7.14 Å². The Kier molecular flexibility index (Phi) is 5.70. The number of aromatic nitrogens is 2. The first-order valence-corrected chi connectivity index (χ1v) is 12.0. The number of halogens is 2. The summed E-state index contributed by atoms with van der Waals surface area (Å²) in [4.78, 5) is 15.7. The summed E-state index contributed by atoms with van der Waals surface area (Å²) in [6.07, 6.45) is 3.92. The fraction of sp³-hybridized carbons (Fsp3) is 0.0833. The van der Waals surface area contributed by atoms with Crippen LogP contribution in [0.3, 0.4) is 0 Å². The fourth-order valence-corrected chi connectivity index (χ4v) is 4.92. The molecule has 0 atom stereocenters. The summed E-state index contributed by atoms with van der Waals surface area (Å²) in [5.41, 5.74) is 6.95. The van der Waals surface area contributed by atoms with Gasteiger partial charge in [0.2, 0.25) is 5.91 Å². The van der Waals surface area contributed by atoms with Gasteiger partial charge in [0.05, 0.1) is 6.21 Å². The van der Waals surface area contributed by atoms with Crippen molar-refractivity contribution in [1.82, 2.24) is 15.0 Å². The molecule has 154 valence electrons. The van der Waals surface area contributed by atoms with E-state index >= 15 is 0 Å². The smallest absolute Gasteiger partial charge is 0.241 e. The summed E-state index contributed by atoms with van der Waals surface area (Å²) in [6, 6.07) is 20.9. The van der Waals surface area contributed by atoms with Crippen molar-refractivity contribution >= 4 is 90.0 Å². The van der Waals surface area contributed by atoms with Gasteiger partial charge in [-0.2, -0.15) is 5.10 Å². The van der Waals surface area contributed by atoms with Gasteiger partial charge >= 0.3 is 0 Å². The number of carbonyl (C=O) groups is 1. The van der Waals surface area contributed by atoms with E-state index in [9.17, 15) is 4.79 Å². The molecule has 0 aliphatic rings. The number of aryl methyl sites for hydroxylation is 1. The number of rotatable bonds is 5. The molecule has 0 saturated carbocycles. The number of para-hydroxylation sites is 1. The number of carbonyl (C=O) groups excluding carboxylic acids is 1. The first-order valence-electron chi connectivity index (χ1n) is 9.85. The van der Waals surface area contributed by atoms with Crippen molar-refractivity contribution in [3.05, 3.63) is 79.6 Å². The molecule has 0 fully saturated rings. The molecule has 3 aromatic carbocycles. The van der Waals surface area contributed by atoms with Crippen LogP contribution in [0.2, 0.25) is 0 Å². The third-order valence-electron chi connectivity index (χ3n) is 5.37. The minimum absolute atomic E-state index is 0.109. The third-order valence-corrected chi connectivity index (χ3v) is 6.71. The molecule has 0 unspecified atom stereocenters. The zero-order valence-electron chi connectivity index (χ0n) is 16.4. The maximum atomic E-state index is 12.5. The first-order chi connectivity index (χ1) is 15.1. The van der Waals surface area contributed by atoms with E-state index in [0.717, 1.165) is 27.5 Å². The van der Waals surface area contributed by atoms with Crippen LogP contribution in [0.15, 0.2) is 72.0 Å². The quantitative estimate of drug-likeness (QED) is 0.139. The number of hydrogen-bond donors (Lipinski definition) is 2. The van der Waals surface area contributed by atoms with Gasteiger partial charge in [0.1, 0.15) is 0 Å². The van der Waals surface area contributed by atoms with Crippen LogP contribution in [-0.4, -0.2) is 21.7 Å². The summed E-state index contributed by atoms with van der Waals surface area (Å²) >= 11 is 4.68. The van der Waals surface area contributed by atoms with Gasteiger partial charge in [-0.3, -0.25) is 4.79 Å². The van der Waals surface area contributed by atoms with Crippen molar-refractivity contribution in [2.75, 3.05) is 0 Å². The van der Waals surface area contributed by atoms with Gasteiger partial charge in [-0.1, -0.05) is 18.2 Å². The lowest BCUT2D eigenvalue weighted by Crippen LogP contribution is -2.19. The first kappa shape index (κ1) is 20.5. The Hall–Kier alpha value is -2.40. The van der Waals surface area contributed by atoms with E-state index < -0.39 is 0 Å². The molecule has 2 aromatic heterocycles. The Labute approximate surface area is 206 Å². The lowest BCUT2D eigenvalue weighted by Gasteiger charge is -2.07. The highest BCUT2D eigenvalue weighted by Gasteiger charge is 2.12. The number of nitrogens with one attached hydrogen (secondary N) is 2. The second-order valence-electron chi connectivity index (χ2n) is 7.31. The molecular weight excluding hydrogens is 614 g/mol. The van der Waals surface area contributed by atoms with E-state index in [1.54, 1.807) is 6.21 Å². The highest BCUT2D eigenvalue weighted by Crippen LogP contribution is 2.31. The molecule has 5 aromatic rings. The fourth-order valence-electron chi connectivity index (χ4n) is 3.93. The van der Waals surface area contributed by atoms with Crippen molar-refractivity contribution in [2.24, 2.45) is 5.10 Å². The Balaban J connectivity index is 1.34. The zero-order chi connectivity index (χ0) is 21.4. The van der Waals surface area contributed by atoms with Crippen LogP contribution in [0.5, 0.6) is 0 Å². The van der Waals surface area contributed by atoms with Crippen molar-refractivity contribution in [3.8, 4) is 0 Å². The Bertz CT molecular complexity index is 1410. The van der Waals surface area contributed by atoms with Crippen molar-refractivity contribution in [1.29, 1.82) is 0 Å². The maximum absolute atomic E-state index is 12.5. The molecule has 5 nitrogen and oxygen atoms in total. The standard InChI is InChI=1S/C24H18I2N4O/c25-16-5-7-22-19(11-16)20-12-17(26)6-8-23(20)30(22)10-9-24(31)29-28-14-15-13-27-21-4-2-1-3-18(15)21/h1-8,11-14,27H,9-10H2,(H,29,31)/b28-14+. The van der Waals surface area contributed by atoms with E-state index in [0.29, 0.717) is 13.0 Å². The topological polar surface area (TPSA) is 62.2 Å². The largest absolute Gasteiger partial charge is 0.361 e. The molecule has 1 amide bonds. The molecule has 31 heavy (non-hydrogen) atoms. The molecule has 2 heterocycles. The van der Waals surface area contributed by atoms with Gasteiger partial charge < -0.3 is 9.55 Å². The van der Waals surface area contributed by atoms with Crippen LogP contribution in [0.1, 0.15) is 12.0 Å². The number of fused-ring (bicyclic) bond motifs is 4. The van der Waals surface area contributed by atoms with E-state index in [2.05, 4.69) is 102 Å². The predicted octanol–water partition coefficient (Wildman–Crippen LogP) is 6.03. The van der Waals surface area contributed by atoms with E-state index in [-0.39, 0.29) is 5.91 Å². The van der Waals surface area contributed by atoms with Crippen LogP contribution in [-0.2, 0) is 11.3 Å². The summed E-state index contributed by atoms with van der Waals surface area (Å²) in [5.74, 6) is -0.109. The second-order valence-corrected chi connectivity index (χ2v) is 9.80. The number of H-pyrrole nitrogens is 1. The summed E-state index contributed by atoms with van der Waals surface area (Å²) < 4.78 is 4.62. The summed E-state index contributed by atoms with van der Waals surface area (Å²) in [6.45, 7) is 0.593. The van der Waals surface area contributed by atoms with Crippen LogP contribution in [0.25, 0.3) is 32.7 Å². The van der Waals surface area contributed by atoms with E-state index in [4.69, 9.17) is 0 Å². The number of aromatic amines is 1. The number of nitrogens with zero attached hydrogens (tertiary/aromatic N) is 2. The molecular formula is C24H18I2N4O. The van der Waals surface area contributed by atoms with Crippen molar-refractivity contribution in [3.63, 3.8) is 0 Å². The molecule has 0 radical (unpaired) electrons. The van der Waals surface area contributed by atoms with Crippen molar-refractivity contribution in [2.45, 2.75) is 13.0 Å². The van der Waals surface area contributed by atoms with Gasteiger partial charge in [0.15, 0.2) is 0 Å². The minimum Gasteiger partial charge on any atom is -0.361 e. The highest BCUT2D eigenvalue weighted by molar-refractivity contribution is 14.1. The SMILES string of the molecule is O=C(CCn1c2ccc(I)cc2c2cc(I)ccc21)N/N=C/c1c[nH]c2ccccc12. The van der Waals surface area contributed by atoms with Crippen LogP contribution in [0.4, 0.5) is 0 Å². The average molecular weight is 632 g/mol. The molecule has 0 saturated heterocycles. The normalized spacial score (nSPS) is 11.8. The lowest BCUT2D eigenvalue weighted by molar-refractivity contribution is -0.121. The van der Waals surface area contributed by atoms with Gasteiger partial charge in [-0.05, 0) is 87.6 Å². The molecule has 0 bridgehead atoms. The second kappa shape index (κ2) is 8.62. The molecule has 2 N–H and O–H groups in total. The number of amides is 1. The zero-order valence-corrected chi connectivity index (χ0v) is 20.7. The third kappa shape index (κ3) is 4.08. The number of benzene rings is 3. The summed E-state index contributed by atoms with van der Waals surface area (Å²) in [5, 5.41) is 7.68. The average Bonchev–Trinajstić information content (AvgIpc) is 3.31. The minimum atomic E-state index is -0.109. The molecule has 0 spiro atoms. The van der Waals surface area contributed by atoms with E-state index in [1.807, 2.05) is 30.5 Å². The van der Waals surface area contributed by atoms with E-state index in [1.165, 1.54) is 17.9 Å². The Morgan fingerprint density at radius 1 is 0.968 bits per heavy atom. The molecule has 5 rings (SSSR count). The molecule has 0 aliphatic heterocycles. The van der Waals surface area contributed by atoms with Gasteiger partial charge in [0, 0.05) is 64.6 Å². The number of hydrogen-bond acceptors (Lipinski definition) is 2. The molecule has 7 heteroatoms. The van der Waals surface area contributed by atoms with Crippen LogP contribution >= 0.6 is 45.2 Å². The Morgan fingerprint density at radius 3 is 2.35 bits per heavy atom. The molecule has 0 aliphatic carbocycles. The Morgan fingerprint density at radius 2 is 1.65 bits per heavy atom. The highest BCUT2D eigenvalue weighted by atomic mass is 127. The van der Waals surface area contributed by atoms with Crippen molar-refractivity contribution < 1.29 is 4.79 Å². The predicted molar refractivity (Wildman–Crippen MR) is 144 cm³/mol. The summed E-state index contributed by atoms with van der Waals surface area (Å²) in [7, 11) is 0. The van der Waals surface area contributed by atoms with Gasteiger partial charge in [0.25, 0.3) is 0 Å². The number of hydrazone groups is 1. The van der Waals surface area contributed by atoms with Crippen LogP contribution < -0.4 is 5.43 Å².